The fourth-order valence-electron chi connectivity index (χ4n) is 2.69. The Morgan fingerprint density at radius 1 is 1.17 bits per heavy atom. The highest BCUT2D eigenvalue weighted by atomic mass is 16.5. The van der Waals surface area contributed by atoms with Crippen LogP contribution < -0.4 is 4.74 Å². The molecule has 118 valence electrons. The Bertz CT molecular complexity index is 852. The quantitative estimate of drug-likeness (QED) is 0.752. The van der Waals surface area contributed by atoms with Crippen LogP contribution in [0.25, 0.3) is 10.9 Å². The highest BCUT2D eigenvalue weighted by Gasteiger charge is 2.20. The van der Waals surface area contributed by atoms with E-state index >= 15 is 0 Å². The number of hydrogen-bond donors (Lipinski definition) is 1. The molecule has 0 aliphatic carbocycles. The average molecular weight is 311 g/mol. The molecule has 2 aromatic carbocycles. The number of methoxy groups -OCH3 is 2. The molecule has 23 heavy (non-hydrogen) atoms. The minimum absolute atomic E-state index is 0.0103. The van der Waals surface area contributed by atoms with Gasteiger partial charge in [0.1, 0.15) is 0 Å². The molecule has 3 aromatic rings. The van der Waals surface area contributed by atoms with Gasteiger partial charge in [0.15, 0.2) is 11.5 Å². The maximum atomic E-state index is 12.0. The SMILES string of the molecule is COC(=O)c1cc(OC)c(O)c2c1ccn2Cc1ccccc1. The van der Waals surface area contributed by atoms with Crippen molar-refractivity contribution in [3.63, 3.8) is 0 Å². The Kier molecular flexibility index (Phi) is 3.93. The van der Waals surface area contributed by atoms with Gasteiger partial charge in [-0.3, -0.25) is 0 Å². The summed E-state index contributed by atoms with van der Waals surface area (Å²) in [7, 11) is 2.78. The summed E-state index contributed by atoms with van der Waals surface area (Å²) < 4.78 is 11.9. The monoisotopic (exact) mass is 311 g/mol. The van der Waals surface area contributed by atoms with Gasteiger partial charge in [-0.05, 0) is 17.7 Å². The number of aromatic hydroxyl groups is 1. The lowest BCUT2D eigenvalue weighted by Gasteiger charge is -2.12. The van der Waals surface area contributed by atoms with Crippen LogP contribution in [-0.4, -0.2) is 29.9 Å². The number of esters is 1. The molecule has 1 aromatic heterocycles. The third kappa shape index (κ3) is 2.61. The molecule has 0 aliphatic heterocycles. The van der Waals surface area contributed by atoms with Crippen LogP contribution in [-0.2, 0) is 11.3 Å². The van der Waals surface area contributed by atoms with Crippen LogP contribution in [0.15, 0.2) is 48.7 Å². The molecule has 5 heteroatoms. The zero-order valence-corrected chi connectivity index (χ0v) is 12.9. The highest BCUT2D eigenvalue weighted by Crippen LogP contribution is 2.38. The first-order valence-corrected chi connectivity index (χ1v) is 7.16. The van der Waals surface area contributed by atoms with E-state index in [9.17, 15) is 9.90 Å². The molecule has 0 spiro atoms. The van der Waals surface area contributed by atoms with Gasteiger partial charge in [-0.15, -0.1) is 0 Å². The third-order valence-corrected chi connectivity index (χ3v) is 3.81. The van der Waals surface area contributed by atoms with Crippen molar-refractivity contribution in [2.75, 3.05) is 14.2 Å². The van der Waals surface area contributed by atoms with E-state index in [0.717, 1.165) is 5.56 Å². The number of phenolic OH excluding ortho intramolecular Hbond substituents is 1. The molecule has 1 N–H and O–H groups in total. The summed E-state index contributed by atoms with van der Waals surface area (Å²) in [6, 6.07) is 13.2. The van der Waals surface area contributed by atoms with Gasteiger partial charge in [0.05, 0.1) is 25.3 Å². The topological polar surface area (TPSA) is 60.7 Å². The number of rotatable bonds is 4. The number of benzene rings is 2. The van der Waals surface area contributed by atoms with E-state index in [1.165, 1.54) is 20.3 Å². The Morgan fingerprint density at radius 3 is 2.57 bits per heavy atom. The Balaban J connectivity index is 2.19. The first-order chi connectivity index (χ1) is 11.2. The van der Waals surface area contributed by atoms with Crippen LogP contribution in [0.2, 0.25) is 0 Å². The second-order valence-corrected chi connectivity index (χ2v) is 5.16. The van der Waals surface area contributed by atoms with Crippen LogP contribution in [0.5, 0.6) is 11.5 Å². The van der Waals surface area contributed by atoms with Crippen molar-refractivity contribution in [1.29, 1.82) is 0 Å². The van der Waals surface area contributed by atoms with Gasteiger partial charge in [0.2, 0.25) is 0 Å². The molecule has 0 unspecified atom stereocenters. The molecule has 5 nitrogen and oxygen atoms in total. The summed E-state index contributed by atoms with van der Waals surface area (Å²) >= 11 is 0. The Hall–Kier alpha value is -2.95. The summed E-state index contributed by atoms with van der Waals surface area (Å²) in [4.78, 5) is 12.0. The minimum atomic E-state index is -0.467. The molecule has 0 atom stereocenters. The van der Waals surface area contributed by atoms with Crippen LogP contribution in [0.3, 0.4) is 0 Å². The predicted molar refractivity (Wildman–Crippen MR) is 87.0 cm³/mol. The fourth-order valence-corrected chi connectivity index (χ4v) is 2.69. The van der Waals surface area contributed by atoms with Gasteiger partial charge < -0.3 is 19.1 Å². The molecule has 0 aliphatic rings. The maximum absolute atomic E-state index is 12.0. The van der Waals surface area contributed by atoms with E-state index in [0.29, 0.717) is 23.0 Å². The molecular formula is C18H17NO4. The number of fused-ring (bicyclic) bond motifs is 1. The standard InChI is InChI=1S/C18H17NO4/c1-22-15-10-14(18(21)23-2)13-8-9-19(16(13)17(15)20)11-12-6-4-3-5-7-12/h3-10,20H,11H2,1-2H3. The Labute approximate surface area is 133 Å². The number of nitrogens with zero attached hydrogens (tertiary/aromatic N) is 1. The summed E-state index contributed by atoms with van der Waals surface area (Å²) in [6.45, 7) is 0.575. The van der Waals surface area contributed by atoms with E-state index in [2.05, 4.69) is 0 Å². The summed E-state index contributed by atoms with van der Waals surface area (Å²) in [5.74, 6) is -0.215. The van der Waals surface area contributed by atoms with Gasteiger partial charge in [-0.1, -0.05) is 30.3 Å². The summed E-state index contributed by atoms with van der Waals surface area (Å²) in [6.07, 6.45) is 1.84. The molecule has 0 saturated heterocycles. The summed E-state index contributed by atoms with van der Waals surface area (Å²) in [5, 5.41) is 11.1. The van der Waals surface area contributed by atoms with Crippen LogP contribution >= 0.6 is 0 Å². The van der Waals surface area contributed by atoms with E-state index in [-0.39, 0.29) is 11.5 Å². The first-order valence-electron chi connectivity index (χ1n) is 7.16. The van der Waals surface area contributed by atoms with Crippen LogP contribution in [0.1, 0.15) is 15.9 Å². The van der Waals surface area contributed by atoms with Crippen LogP contribution in [0, 0.1) is 0 Å². The lowest BCUT2D eigenvalue weighted by molar-refractivity contribution is 0.0602. The molecule has 3 rings (SSSR count). The van der Waals surface area contributed by atoms with Crippen molar-refractivity contribution in [2.45, 2.75) is 6.54 Å². The number of hydrogen-bond acceptors (Lipinski definition) is 4. The zero-order valence-electron chi connectivity index (χ0n) is 12.9. The normalized spacial score (nSPS) is 10.7. The Morgan fingerprint density at radius 2 is 1.91 bits per heavy atom. The van der Waals surface area contributed by atoms with Gasteiger partial charge >= 0.3 is 5.97 Å². The van der Waals surface area contributed by atoms with Crippen molar-refractivity contribution in [3.05, 3.63) is 59.8 Å². The number of carbonyl (C=O) groups excluding carboxylic acids is 1. The first kappa shape index (κ1) is 15.0. The number of ether oxygens (including phenoxy) is 2. The number of carbonyl (C=O) groups is 1. The smallest absolute Gasteiger partial charge is 0.338 e. The third-order valence-electron chi connectivity index (χ3n) is 3.81. The molecular weight excluding hydrogens is 294 g/mol. The summed E-state index contributed by atoms with van der Waals surface area (Å²) in [5.41, 5.74) is 2.00. The minimum Gasteiger partial charge on any atom is -0.503 e. The fraction of sp³-hybridized carbons (Fsp3) is 0.167. The van der Waals surface area contributed by atoms with Gasteiger partial charge in [-0.25, -0.2) is 4.79 Å². The van der Waals surface area contributed by atoms with E-state index < -0.39 is 5.97 Å². The van der Waals surface area contributed by atoms with Crippen molar-refractivity contribution in [3.8, 4) is 11.5 Å². The lowest BCUT2D eigenvalue weighted by atomic mass is 10.1. The van der Waals surface area contributed by atoms with E-state index in [4.69, 9.17) is 9.47 Å². The number of aromatic nitrogens is 1. The van der Waals surface area contributed by atoms with Crippen molar-refractivity contribution < 1.29 is 19.4 Å². The zero-order chi connectivity index (χ0) is 16.4. The average Bonchev–Trinajstić information content (AvgIpc) is 3.00. The maximum Gasteiger partial charge on any atom is 0.338 e. The van der Waals surface area contributed by atoms with Gasteiger partial charge in [0.25, 0.3) is 0 Å². The number of phenols is 1. The highest BCUT2D eigenvalue weighted by molar-refractivity contribution is 6.06. The lowest BCUT2D eigenvalue weighted by Crippen LogP contribution is -2.04. The van der Waals surface area contributed by atoms with E-state index in [1.807, 2.05) is 41.1 Å². The van der Waals surface area contributed by atoms with Crippen molar-refractivity contribution in [1.82, 2.24) is 4.57 Å². The van der Waals surface area contributed by atoms with Gasteiger partial charge in [0, 0.05) is 18.1 Å². The van der Waals surface area contributed by atoms with Crippen LogP contribution in [0.4, 0.5) is 0 Å². The molecule has 0 radical (unpaired) electrons. The van der Waals surface area contributed by atoms with E-state index in [1.54, 1.807) is 6.07 Å². The molecule has 1 heterocycles. The van der Waals surface area contributed by atoms with Crippen molar-refractivity contribution >= 4 is 16.9 Å². The largest absolute Gasteiger partial charge is 0.503 e. The molecule has 0 saturated carbocycles. The predicted octanol–water partition coefficient (Wildman–Crippen LogP) is 3.19. The molecule has 0 fully saturated rings. The molecule has 0 amide bonds. The molecule has 0 bridgehead atoms. The van der Waals surface area contributed by atoms with Crippen molar-refractivity contribution in [2.24, 2.45) is 0 Å². The second-order valence-electron chi connectivity index (χ2n) is 5.16. The second kappa shape index (κ2) is 6.04. The van der Waals surface area contributed by atoms with Gasteiger partial charge in [-0.2, -0.15) is 0 Å².